The zero-order chi connectivity index (χ0) is 15.5. The molecule has 0 aromatic heterocycles. The number of carbonyl (C=O) groups excluding carboxylic acids is 1. The van der Waals surface area contributed by atoms with Gasteiger partial charge in [-0.15, -0.1) is 0 Å². The number of para-hydroxylation sites is 2. The zero-order valence-electron chi connectivity index (χ0n) is 12.2. The molecule has 7 heteroatoms. The summed E-state index contributed by atoms with van der Waals surface area (Å²) in [5, 5.41) is 2.78. The molecule has 0 fully saturated rings. The molecule has 0 radical (unpaired) electrons. The number of anilines is 1. The van der Waals surface area contributed by atoms with Gasteiger partial charge in [-0.1, -0.05) is 19.1 Å². The highest BCUT2D eigenvalue weighted by atomic mass is 32.2. The van der Waals surface area contributed by atoms with Crippen LogP contribution in [0.15, 0.2) is 24.3 Å². The Morgan fingerprint density at radius 1 is 1.43 bits per heavy atom. The number of hydrogen-bond donors (Lipinski definition) is 1. The molecule has 6 nitrogen and oxygen atoms in total. The van der Waals surface area contributed by atoms with Crippen molar-refractivity contribution in [3.63, 3.8) is 0 Å². The largest absolute Gasteiger partial charge is 0.478 e. The Morgan fingerprint density at radius 2 is 2.14 bits per heavy atom. The lowest BCUT2D eigenvalue weighted by molar-refractivity contribution is -0.128. The van der Waals surface area contributed by atoms with E-state index in [9.17, 15) is 13.2 Å². The summed E-state index contributed by atoms with van der Waals surface area (Å²) >= 11 is 0. The third-order valence-electron chi connectivity index (χ3n) is 3.24. The first-order valence-corrected chi connectivity index (χ1v) is 8.79. The summed E-state index contributed by atoms with van der Waals surface area (Å²) in [6, 6.07) is 6.87. The normalized spacial score (nSPS) is 18.4. The van der Waals surface area contributed by atoms with Crippen LogP contribution in [0.25, 0.3) is 0 Å². The van der Waals surface area contributed by atoms with E-state index in [0.717, 1.165) is 12.7 Å². The molecule has 1 heterocycles. The van der Waals surface area contributed by atoms with Gasteiger partial charge in [-0.25, -0.2) is 8.42 Å². The van der Waals surface area contributed by atoms with Crippen LogP contribution in [0.5, 0.6) is 5.75 Å². The molecule has 0 spiro atoms. The SMILES string of the molecule is CCCNC(=O)C1CCN(S(C)(=O)=O)c2ccccc2O1. The Morgan fingerprint density at radius 3 is 2.81 bits per heavy atom. The van der Waals surface area contributed by atoms with Gasteiger partial charge in [0.2, 0.25) is 10.0 Å². The second-order valence-corrected chi connectivity index (χ2v) is 6.90. The molecule has 1 amide bonds. The fraction of sp³-hybridized carbons (Fsp3) is 0.500. The lowest BCUT2D eigenvalue weighted by Gasteiger charge is -2.20. The molecule has 0 saturated carbocycles. The van der Waals surface area contributed by atoms with Crippen LogP contribution in [0.1, 0.15) is 19.8 Å². The molecule has 1 aliphatic rings. The summed E-state index contributed by atoms with van der Waals surface area (Å²) in [4.78, 5) is 12.1. The fourth-order valence-corrected chi connectivity index (χ4v) is 3.17. The van der Waals surface area contributed by atoms with Gasteiger partial charge in [-0.3, -0.25) is 9.10 Å². The third kappa shape index (κ3) is 3.66. The molecule has 1 aromatic rings. The average molecular weight is 312 g/mol. The van der Waals surface area contributed by atoms with Crippen molar-refractivity contribution in [2.24, 2.45) is 0 Å². The Kier molecular flexibility index (Phi) is 4.72. The number of ether oxygens (including phenoxy) is 1. The maximum atomic E-state index is 12.1. The highest BCUT2D eigenvalue weighted by Gasteiger charge is 2.30. The van der Waals surface area contributed by atoms with Gasteiger partial charge in [0.25, 0.3) is 5.91 Å². The lowest BCUT2D eigenvalue weighted by atomic mass is 10.2. The monoisotopic (exact) mass is 312 g/mol. The zero-order valence-corrected chi connectivity index (χ0v) is 13.0. The first-order chi connectivity index (χ1) is 9.93. The standard InChI is InChI=1S/C14H20N2O4S/c1-3-9-15-14(17)13-8-10-16(21(2,18)19)11-6-4-5-7-12(11)20-13/h4-7,13H,3,8-10H2,1-2H3,(H,15,17). The number of nitrogens with one attached hydrogen (secondary N) is 1. The minimum atomic E-state index is -3.41. The van der Waals surface area contributed by atoms with Crippen molar-refractivity contribution in [2.75, 3.05) is 23.7 Å². The van der Waals surface area contributed by atoms with Crippen molar-refractivity contribution in [3.05, 3.63) is 24.3 Å². The van der Waals surface area contributed by atoms with Crippen LogP contribution < -0.4 is 14.4 Å². The van der Waals surface area contributed by atoms with E-state index in [1.54, 1.807) is 24.3 Å². The Labute approximate surface area is 125 Å². The van der Waals surface area contributed by atoms with E-state index >= 15 is 0 Å². The van der Waals surface area contributed by atoms with Crippen LogP contribution in [-0.4, -0.2) is 39.8 Å². The maximum Gasteiger partial charge on any atom is 0.261 e. The van der Waals surface area contributed by atoms with E-state index in [4.69, 9.17) is 4.74 Å². The third-order valence-corrected chi connectivity index (χ3v) is 4.42. The molecule has 21 heavy (non-hydrogen) atoms. The van der Waals surface area contributed by atoms with Crippen molar-refractivity contribution in [1.82, 2.24) is 5.32 Å². The summed E-state index contributed by atoms with van der Waals surface area (Å²) in [7, 11) is -3.41. The van der Waals surface area contributed by atoms with Crippen molar-refractivity contribution in [3.8, 4) is 5.75 Å². The average Bonchev–Trinajstić information content (AvgIpc) is 2.63. The quantitative estimate of drug-likeness (QED) is 0.904. The van der Waals surface area contributed by atoms with Gasteiger partial charge in [0, 0.05) is 19.5 Å². The molecule has 1 unspecified atom stereocenters. The number of carbonyl (C=O) groups is 1. The second kappa shape index (κ2) is 6.34. The highest BCUT2D eigenvalue weighted by Crippen LogP contribution is 2.33. The molecule has 2 rings (SSSR count). The van der Waals surface area contributed by atoms with Crippen molar-refractivity contribution in [1.29, 1.82) is 0 Å². The van der Waals surface area contributed by atoms with Gasteiger partial charge in [0.05, 0.1) is 11.9 Å². The van der Waals surface area contributed by atoms with Crippen LogP contribution in [0.3, 0.4) is 0 Å². The van der Waals surface area contributed by atoms with Gasteiger partial charge in [-0.05, 0) is 18.6 Å². The predicted octanol–water partition coefficient (Wildman–Crippen LogP) is 1.13. The highest BCUT2D eigenvalue weighted by molar-refractivity contribution is 7.92. The van der Waals surface area contributed by atoms with Gasteiger partial charge in [0.15, 0.2) is 6.10 Å². The summed E-state index contributed by atoms with van der Waals surface area (Å²) in [5.74, 6) is 0.207. The number of hydrogen-bond acceptors (Lipinski definition) is 4. The van der Waals surface area contributed by atoms with Crippen molar-refractivity contribution >= 4 is 21.6 Å². The van der Waals surface area contributed by atoms with Crippen LogP contribution in [0.2, 0.25) is 0 Å². The number of nitrogens with zero attached hydrogens (tertiary/aromatic N) is 1. The van der Waals surface area contributed by atoms with E-state index in [0.29, 0.717) is 24.4 Å². The van der Waals surface area contributed by atoms with Crippen molar-refractivity contribution < 1.29 is 17.9 Å². The van der Waals surface area contributed by atoms with Crippen LogP contribution in [-0.2, 0) is 14.8 Å². The first-order valence-electron chi connectivity index (χ1n) is 6.94. The molecule has 1 aliphatic heterocycles. The second-order valence-electron chi connectivity index (χ2n) is 4.99. The minimum Gasteiger partial charge on any atom is -0.478 e. The van der Waals surface area contributed by atoms with Gasteiger partial charge < -0.3 is 10.1 Å². The summed E-state index contributed by atoms with van der Waals surface area (Å²) in [6.07, 6.45) is 1.63. The number of amides is 1. The smallest absolute Gasteiger partial charge is 0.261 e. The summed E-state index contributed by atoms with van der Waals surface area (Å²) in [5.41, 5.74) is 0.478. The van der Waals surface area contributed by atoms with Crippen LogP contribution >= 0.6 is 0 Å². The molecule has 0 saturated heterocycles. The lowest BCUT2D eigenvalue weighted by Crippen LogP contribution is -2.40. The molecule has 116 valence electrons. The number of rotatable bonds is 4. The van der Waals surface area contributed by atoms with Gasteiger partial charge >= 0.3 is 0 Å². The number of benzene rings is 1. The molecular weight excluding hydrogens is 292 g/mol. The first kappa shape index (κ1) is 15.6. The molecule has 1 aromatic carbocycles. The molecular formula is C14H20N2O4S. The molecule has 1 N–H and O–H groups in total. The Hall–Kier alpha value is -1.76. The van der Waals surface area contributed by atoms with E-state index in [1.165, 1.54) is 4.31 Å². The number of sulfonamides is 1. The molecule has 1 atom stereocenters. The Balaban J connectivity index is 2.28. The predicted molar refractivity (Wildman–Crippen MR) is 81.0 cm³/mol. The topological polar surface area (TPSA) is 75.7 Å². The van der Waals surface area contributed by atoms with E-state index in [-0.39, 0.29) is 12.5 Å². The molecule has 0 bridgehead atoms. The van der Waals surface area contributed by atoms with E-state index in [2.05, 4.69) is 5.32 Å². The Bertz CT molecular complexity index is 615. The number of fused-ring (bicyclic) bond motifs is 1. The van der Waals surface area contributed by atoms with Gasteiger partial charge in [0.1, 0.15) is 5.75 Å². The van der Waals surface area contributed by atoms with Crippen molar-refractivity contribution in [2.45, 2.75) is 25.9 Å². The maximum absolute atomic E-state index is 12.1. The summed E-state index contributed by atoms with van der Waals surface area (Å²) < 4.78 is 30.9. The van der Waals surface area contributed by atoms with Crippen LogP contribution in [0, 0.1) is 0 Å². The van der Waals surface area contributed by atoms with Gasteiger partial charge in [-0.2, -0.15) is 0 Å². The summed E-state index contributed by atoms with van der Waals surface area (Å²) in [6.45, 7) is 2.77. The molecule has 0 aliphatic carbocycles. The van der Waals surface area contributed by atoms with E-state index < -0.39 is 16.1 Å². The minimum absolute atomic E-state index is 0.206. The van der Waals surface area contributed by atoms with Crippen LogP contribution in [0.4, 0.5) is 5.69 Å². The fourth-order valence-electron chi connectivity index (χ4n) is 2.22. The van der Waals surface area contributed by atoms with E-state index in [1.807, 2.05) is 6.92 Å².